The molecular weight excluding hydrogens is 212 g/mol. The van der Waals surface area contributed by atoms with E-state index in [0.717, 1.165) is 11.5 Å². The maximum atomic E-state index is 10.3. The van der Waals surface area contributed by atoms with E-state index >= 15 is 0 Å². The van der Waals surface area contributed by atoms with E-state index in [9.17, 15) is 9.59 Å². The summed E-state index contributed by atoms with van der Waals surface area (Å²) in [6.07, 6.45) is 2.04. The third kappa shape index (κ3) is 31.5. The largest absolute Gasteiger partial charge is 0.288 e. The number of thioether (sulfide) groups is 2. The fourth-order valence-electron chi connectivity index (χ4n) is 0.269. The van der Waals surface area contributed by atoms with Gasteiger partial charge in [-0.3, -0.25) is 9.59 Å². The van der Waals surface area contributed by atoms with E-state index in [0.29, 0.717) is 0 Å². The molecular formula is C7H14O2S3. The first kappa shape index (κ1) is 14.9. The topological polar surface area (TPSA) is 34.1 Å². The Hall–Kier alpha value is 0.390. The van der Waals surface area contributed by atoms with Crippen LogP contribution >= 0.6 is 36.2 Å². The SMILES string of the molecule is CC(=O)S.CSCCSC(C)=O. The van der Waals surface area contributed by atoms with Crippen molar-refractivity contribution in [3.63, 3.8) is 0 Å². The number of hydrogen-bond acceptors (Lipinski definition) is 4. The van der Waals surface area contributed by atoms with E-state index in [-0.39, 0.29) is 10.2 Å². The second-order valence-corrected chi connectivity index (χ2v) is 4.74. The van der Waals surface area contributed by atoms with Gasteiger partial charge in [0.1, 0.15) is 0 Å². The Kier molecular flexibility index (Phi) is 14.1. The van der Waals surface area contributed by atoms with Crippen LogP contribution in [0.15, 0.2) is 0 Å². The molecule has 72 valence electrons. The molecule has 0 saturated heterocycles. The minimum atomic E-state index is -0.139. The fourth-order valence-corrected chi connectivity index (χ4v) is 1.56. The van der Waals surface area contributed by atoms with Gasteiger partial charge in [0, 0.05) is 25.4 Å². The van der Waals surface area contributed by atoms with Crippen molar-refractivity contribution in [2.75, 3.05) is 17.8 Å². The number of hydrogen-bond donors (Lipinski definition) is 1. The molecule has 0 aliphatic rings. The van der Waals surface area contributed by atoms with E-state index in [1.807, 2.05) is 6.26 Å². The highest BCUT2D eigenvalue weighted by Gasteiger charge is 1.90. The molecule has 0 N–H and O–H groups in total. The van der Waals surface area contributed by atoms with Crippen LogP contribution < -0.4 is 0 Å². The lowest BCUT2D eigenvalue weighted by atomic mass is 10.9. The first-order chi connectivity index (χ1) is 5.50. The zero-order valence-corrected chi connectivity index (χ0v) is 10.0. The molecule has 2 nitrogen and oxygen atoms in total. The van der Waals surface area contributed by atoms with Crippen LogP contribution in [-0.4, -0.2) is 28.0 Å². The van der Waals surface area contributed by atoms with Crippen molar-refractivity contribution in [1.82, 2.24) is 0 Å². The number of carbonyl (C=O) groups is 2. The van der Waals surface area contributed by atoms with Gasteiger partial charge in [-0.25, -0.2) is 0 Å². The number of rotatable bonds is 3. The highest BCUT2D eigenvalue weighted by Crippen LogP contribution is 2.03. The molecule has 0 rings (SSSR count). The highest BCUT2D eigenvalue weighted by atomic mass is 32.2. The van der Waals surface area contributed by atoms with Gasteiger partial charge in [-0.05, 0) is 6.26 Å². The molecule has 0 saturated carbocycles. The van der Waals surface area contributed by atoms with Crippen LogP contribution in [0, 0.1) is 0 Å². The molecule has 0 aromatic rings. The molecule has 0 spiro atoms. The average molecular weight is 226 g/mol. The molecule has 0 atom stereocenters. The lowest BCUT2D eigenvalue weighted by molar-refractivity contribution is -0.109. The second kappa shape index (κ2) is 11.4. The average Bonchev–Trinajstić information content (AvgIpc) is 1.86. The van der Waals surface area contributed by atoms with Crippen LogP contribution in [0.4, 0.5) is 0 Å². The van der Waals surface area contributed by atoms with Crippen molar-refractivity contribution in [2.24, 2.45) is 0 Å². The fraction of sp³-hybridized carbons (Fsp3) is 0.714. The zero-order chi connectivity index (χ0) is 9.98. The summed E-state index contributed by atoms with van der Waals surface area (Å²) >= 11 is 6.49. The number of thiol groups is 1. The van der Waals surface area contributed by atoms with Gasteiger partial charge in [0.15, 0.2) is 10.2 Å². The Morgan fingerprint density at radius 2 is 1.67 bits per heavy atom. The molecule has 0 fully saturated rings. The Morgan fingerprint density at radius 1 is 1.25 bits per heavy atom. The van der Waals surface area contributed by atoms with Crippen molar-refractivity contribution < 1.29 is 9.59 Å². The van der Waals surface area contributed by atoms with Gasteiger partial charge in [0.2, 0.25) is 0 Å². The van der Waals surface area contributed by atoms with Crippen LogP contribution in [0.2, 0.25) is 0 Å². The van der Waals surface area contributed by atoms with Gasteiger partial charge < -0.3 is 0 Å². The summed E-state index contributed by atoms with van der Waals surface area (Å²) < 4.78 is 0. The Balaban J connectivity index is 0. The summed E-state index contributed by atoms with van der Waals surface area (Å²) in [4.78, 5) is 19.6. The smallest absolute Gasteiger partial charge is 0.185 e. The van der Waals surface area contributed by atoms with Crippen LogP contribution in [0.25, 0.3) is 0 Å². The molecule has 0 aromatic carbocycles. The highest BCUT2D eigenvalue weighted by molar-refractivity contribution is 8.14. The van der Waals surface area contributed by atoms with Crippen LogP contribution in [-0.2, 0) is 9.59 Å². The predicted molar refractivity (Wildman–Crippen MR) is 61.2 cm³/mol. The maximum absolute atomic E-state index is 10.3. The maximum Gasteiger partial charge on any atom is 0.185 e. The second-order valence-electron chi connectivity index (χ2n) is 1.85. The monoisotopic (exact) mass is 226 g/mol. The van der Waals surface area contributed by atoms with Crippen molar-refractivity contribution in [3.05, 3.63) is 0 Å². The Bertz CT molecular complexity index is 133. The predicted octanol–water partition coefficient (Wildman–Crippen LogP) is 2.09. The van der Waals surface area contributed by atoms with Crippen LogP contribution in [0.1, 0.15) is 13.8 Å². The van der Waals surface area contributed by atoms with Crippen molar-refractivity contribution in [1.29, 1.82) is 0 Å². The minimum Gasteiger partial charge on any atom is -0.288 e. The summed E-state index contributed by atoms with van der Waals surface area (Å²) in [5, 5.41) is 0.0825. The van der Waals surface area contributed by atoms with Gasteiger partial charge in [-0.15, -0.1) is 12.6 Å². The molecule has 0 bridgehead atoms. The standard InChI is InChI=1S/C5H10OS2.C2H4OS/c1-5(6)8-4-3-7-2;1-2(3)4/h3-4H2,1-2H3;1H3,(H,3,4). The molecule has 12 heavy (non-hydrogen) atoms. The van der Waals surface area contributed by atoms with Gasteiger partial charge in [-0.1, -0.05) is 11.8 Å². The normalized spacial score (nSPS) is 8.33. The third-order valence-electron chi connectivity index (χ3n) is 0.593. The van der Waals surface area contributed by atoms with Crippen molar-refractivity contribution >= 4 is 46.4 Å². The zero-order valence-electron chi connectivity index (χ0n) is 7.49. The van der Waals surface area contributed by atoms with E-state index in [1.54, 1.807) is 18.7 Å². The molecule has 5 heteroatoms. The Labute approximate surface area is 87.7 Å². The molecule has 0 amide bonds. The van der Waals surface area contributed by atoms with Gasteiger partial charge >= 0.3 is 0 Å². The molecule has 0 aliphatic carbocycles. The summed E-state index contributed by atoms with van der Waals surface area (Å²) in [6.45, 7) is 2.99. The van der Waals surface area contributed by atoms with Gasteiger partial charge in [0.05, 0.1) is 0 Å². The lowest BCUT2D eigenvalue weighted by Gasteiger charge is -1.90. The molecule has 0 aromatic heterocycles. The lowest BCUT2D eigenvalue weighted by Crippen LogP contribution is -1.87. The first-order valence-corrected chi connectivity index (χ1v) is 6.15. The molecule has 0 unspecified atom stereocenters. The van der Waals surface area contributed by atoms with Crippen molar-refractivity contribution in [3.8, 4) is 0 Å². The summed E-state index contributed by atoms with van der Waals surface area (Å²) in [6, 6.07) is 0. The van der Waals surface area contributed by atoms with E-state index in [1.165, 1.54) is 18.7 Å². The molecule has 0 radical (unpaired) electrons. The third-order valence-corrected chi connectivity index (χ3v) is 2.28. The van der Waals surface area contributed by atoms with Crippen molar-refractivity contribution in [2.45, 2.75) is 13.8 Å². The van der Waals surface area contributed by atoms with Gasteiger partial charge in [-0.2, -0.15) is 11.8 Å². The van der Waals surface area contributed by atoms with E-state index < -0.39 is 0 Å². The van der Waals surface area contributed by atoms with E-state index in [4.69, 9.17) is 0 Å². The molecule has 0 aliphatic heterocycles. The molecule has 0 heterocycles. The van der Waals surface area contributed by atoms with E-state index in [2.05, 4.69) is 12.6 Å². The first-order valence-electron chi connectivity index (χ1n) is 3.32. The van der Waals surface area contributed by atoms with Gasteiger partial charge in [0.25, 0.3) is 0 Å². The summed E-state index contributed by atoms with van der Waals surface area (Å²) in [5.41, 5.74) is 0. The summed E-state index contributed by atoms with van der Waals surface area (Å²) in [5.74, 6) is 2.03. The summed E-state index contributed by atoms with van der Waals surface area (Å²) in [7, 11) is 0. The quantitative estimate of drug-likeness (QED) is 0.590. The Morgan fingerprint density at radius 3 is 1.92 bits per heavy atom. The van der Waals surface area contributed by atoms with Crippen LogP contribution in [0.3, 0.4) is 0 Å². The number of carbonyl (C=O) groups excluding carboxylic acids is 2. The minimum absolute atomic E-state index is 0.139. The van der Waals surface area contributed by atoms with Crippen LogP contribution in [0.5, 0.6) is 0 Å².